The molecule has 1 amide bonds. The van der Waals surface area contributed by atoms with Gasteiger partial charge in [0.1, 0.15) is 0 Å². The average Bonchev–Trinajstić information content (AvgIpc) is 2.37. The minimum absolute atomic E-state index is 0.162. The molecule has 0 aromatic rings. The second kappa shape index (κ2) is 7.18. The summed E-state index contributed by atoms with van der Waals surface area (Å²) in [5, 5.41) is 0. The predicted molar refractivity (Wildman–Crippen MR) is 70.3 cm³/mol. The van der Waals surface area contributed by atoms with E-state index in [0.29, 0.717) is 26.3 Å². The number of rotatable bonds is 6. The highest BCUT2D eigenvalue weighted by Crippen LogP contribution is 2.03. The van der Waals surface area contributed by atoms with Gasteiger partial charge >= 0.3 is 0 Å². The van der Waals surface area contributed by atoms with E-state index in [2.05, 4.69) is 4.72 Å². The lowest BCUT2D eigenvalue weighted by atomic mass is 10.3. The Labute approximate surface area is 114 Å². The summed E-state index contributed by atoms with van der Waals surface area (Å²) >= 11 is 0. The van der Waals surface area contributed by atoms with Crippen LogP contribution in [0, 0.1) is 0 Å². The Morgan fingerprint density at radius 3 is 2.47 bits per heavy atom. The largest absolute Gasteiger partial charge is 0.381 e. The first-order valence-corrected chi connectivity index (χ1v) is 7.90. The van der Waals surface area contributed by atoms with Crippen LogP contribution in [0.2, 0.25) is 0 Å². The second-order valence-corrected chi connectivity index (χ2v) is 6.40. The fourth-order valence-corrected chi connectivity index (χ4v) is 3.29. The van der Waals surface area contributed by atoms with Crippen molar-refractivity contribution in [2.24, 2.45) is 0 Å². The van der Waals surface area contributed by atoms with Gasteiger partial charge in [-0.05, 0) is 13.8 Å². The smallest absolute Gasteiger partial charge is 0.240 e. The minimum atomic E-state index is -3.53. The van der Waals surface area contributed by atoms with Crippen LogP contribution < -0.4 is 4.72 Å². The zero-order valence-corrected chi connectivity index (χ0v) is 12.4. The predicted octanol–water partition coefficient (Wildman–Crippen LogP) is -0.812. The summed E-state index contributed by atoms with van der Waals surface area (Å²) in [4.78, 5) is 13.7. The van der Waals surface area contributed by atoms with Crippen LogP contribution in [-0.4, -0.2) is 70.5 Å². The van der Waals surface area contributed by atoms with Gasteiger partial charge in [-0.25, -0.2) is 13.1 Å². The van der Waals surface area contributed by atoms with Crippen LogP contribution >= 0.6 is 0 Å². The van der Waals surface area contributed by atoms with Gasteiger partial charge in [-0.1, -0.05) is 0 Å². The molecule has 0 aromatic carbocycles. The standard InChI is InChI=1S/C11H22N2O5S/c1-9(17-3)8-19(15,16)12-10(2)11(14)13-4-6-18-7-5-13/h9-10,12H,4-8H2,1-3H3/t9-,10+/m0/s1. The van der Waals surface area contributed by atoms with E-state index in [9.17, 15) is 13.2 Å². The molecule has 1 rings (SSSR count). The molecule has 0 saturated carbocycles. The first kappa shape index (κ1) is 16.4. The van der Waals surface area contributed by atoms with Gasteiger partial charge < -0.3 is 14.4 Å². The molecular formula is C11H22N2O5S. The monoisotopic (exact) mass is 294 g/mol. The van der Waals surface area contributed by atoms with Crippen molar-refractivity contribution >= 4 is 15.9 Å². The average molecular weight is 294 g/mol. The maximum Gasteiger partial charge on any atom is 0.240 e. The van der Waals surface area contributed by atoms with Crippen molar-refractivity contribution in [3.05, 3.63) is 0 Å². The number of sulfonamides is 1. The fourth-order valence-electron chi connectivity index (χ4n) is 1.80. The summed E-state index contributed by atoms with van der Waals surface area (Å²) in [6.07, 6.45) is -0.414. The Bertz CT molecular complexity index is 392. The van der Waals surface area contributed by atoms with Crippen LogP contribution in [0.1, 0.15) is 13.8 Å². The Morgan fingerprint density at radius 2 is 1.95 bits per heavy atom. The third-order valence-electron chi connectivity index (χ3n) is 2.91. The molecule has 0 aromatic heterocycles. The molecule has 1 aliphatic rings. The molecule has 0 spiro atoms. The van der Waals surface area contributed by atoms with Gasteiger partial charge in [0.15, 0.2) is 0 Å². The summed E-state index contributed by atoms with van der Waals surface area (Å²) < 4.78 is 36.1. The second-order valence-electron chi connectivity index (χ2n) is 4.60. The van der Waals surface area contributed by atoms with Gasteiger partial charge in [-0.3, -0.25) is 4.79 Å². The van der Waals surface area contributed by atoms with Gasteiger partial charge in [0.2, 0.25) is 15.9 Å². The molecule has 1 N–H and O–H groups in total. The summed E-state index contributed by atoms with van der Waals surface area (Å²) in [5.74, 6) is -0.388. The van der Waals surface area contributed by atoms with E-state index in [0.717, 1.165) is 0 Å². The normalized spacial score (nSPS) is 20.1. The van der Waals surface area contributed by atoms with Crippen molar-refractivity contribution in [3.63, 3.8) is 0 Å². The highest BCUT2D eigenvalue weighted by Gasteiger charge is 2.26. The van der Waals surface area contributed by atoms with E-state index in [4.69, 9.17) is 9.47 Å². The van der Waals surface area contributed by atoms with E-state index in [1.54, 1.807) is 18.7 Å². The molecule has 1 saturated heterocycles. The SMILES string of the molecule is CO[C@@H](C)CS(=O)(=O)N[C@H](C)C(=O)N1CCOCC1. The molecular weight excluding hydrogens is 272 g/mol. The van der Waals surface area contributed by atoms with Crippen LogP contribution in [-0.2, 0) is 24.3 Å². The molecule has 2 atom stereocenters. The van der Waals surface area contributed by atoms with Crippen molar-refractivity contribution in [2.75, 3.05) is 39.2 Å². The lowest BCUT2D eigenvalue weighted by Gasteiger charge is -2.29. The number of hydrogen-bond donors (Lipinski definition) is 1. The highest BCUT2D eigenvalue weighted by atomic mass is 32.2. The van der Waals surface area contributed by atoms with E-state index in [-0.39, 0.29) is 11.7 Å². The lowest BCUT2D eigenvalue weighted by Crippen LogP contribution is -2.51. The number of carbonyl (C=O) groups is 1. The molecule has 1 fully saturated rings. The molecule has 0 unspecified atom stereocenters. The van der Waals surface area contributed by atoms with Crippen molar-refractivity contribution in [2.45, 2.75) is 26.0 Å². The van der Waals surface area contributed by atoms with E-state index in [1.165, 1.54) is 7.11 Å². The molecule has 0 aliphatic carbocycles. The Hall–Kier alpha value is -0.700. The molecule has 7 nitrogen and oxygen atoms in total. The Morgan fingerprint density at radius 1 is 1.37 bits per heavy atom. The van der Waals surface area contributed by atoms with Crippen LogP contribution in [0.25, 0.3) is 0 Å². The van der Waals surface area contributed by atoms with E-state index >= 15 is 0 Å². The number of carbonyl (C=O) groups excluding carboxylic acids is 1. The Balaban J connectivity index is 2.53. The third kappa shape index (κ3) is 5.43. The van der Waals surface area contributed by atoms with Crippen molar-refractivity contribution in [1.82, 2.24) is 9.62 Å². The van der Waals surface area contributed by atoms with E-state index < -0.39 is 22.2 Å². The van der Waals surface area contributed by atoms with E-state index in [1.807, 2.05) is 0 Å². The van der Waals surface area contributed by atoms with Crippen molar-refractivity contribution in [1.29, 1.82) is 0 Å². The zero-order chi connectivity index (χ0) is 14.5. The molecule has 0 bridgehead atoms. The van der Waals surface area contributed by atoms with Gasteiger partial charge in [0.05, 0.1) is 31.1 Å². The Kier molecular flexibility index (Phi) is 6.18. The molecule has 1 aliphatic heterocycles. The number of methoxy groups -OCH3 is 1. The summed E-state index contributed by atoms with van der Waals surface area (Å²) in [5.41, 5.74) is 0. The topological polar surface area (TPSA) is 84.9 Å². The first-order chi connectivity index (χ1) is 8.85. The number of nitrogens with one attached hydrogen (secondary N) is 1. The number of morpholine rings is 1. The molecule has 19 heavy (non-hydrogen) atoms. The summed E-state index contributed by atoms with van der Waals surface area (Å²) in [6.45, 7) is 5.19. The highest BCUT2D eigenvalue weighted by molar-refractivity contribution is 7.89. The molecule has 8 heteroatoms. The lowest BCUT2D eigenvalue weighted by molar-refractivity contribution is -0.136. The summed E-state index contributed by atoms with van der Waals surface area (Å²) in [7, 11) is -2.08. The number of ether oxygens (including phenoxy) is 2. The number of amides is 1. The van der Waals surface area contributed by atoms with Crippen LogP contribution in [0.15, 0.2) is 0 Å². The molecule has 112 valence electrons. The van der Waals surface area contributed by atoms with Crippen LogP contribution in [0.4, 0.5) is 0 Å². The fraction of sp³-hybridized carbons (Fsp3) is 0.909. The van der Waals surface area contributed by atoms with Crippen molar-refractivity contribution in [3.8, 4) is 0 Å². The maximum absolute atomic E-state index is 12.0. The van der Waals surface area contributed by atoms with Crippen LogP contribution in [0.5, 0.6) is 0 Å². The zero-order valence-electron chi connectivity index (χ0n) is 11.6. The molecule has 0 radical (unpaired) electrons. The first-order valence-electron chi connectivity index (χ1n) is 6.25. The van der Waals surface area contributed by atoms with Gasteiger partial charge in [0.25, 0.3) is 0 Å². The third-order valence-corrected chi connectivity index (χ3v) is 4.53. The number of nitrogens with zero attached hydrogens (tertiary/aromatic N) is 1. The number of hydrogen-bond acceptors (Lipinski definition) is 5. The van der Waals surface area contributed by atoms with Gasteiger partial charge in [-0.2, -0.15) is 0 Å². The quantitative estimate of drug-likeness (QED) is 0.692. The van der Waals surface area contributed by atoms with Crippen LogP contribution in [0.3, 0.4) is 0 Å². The van der Waals surface area contributed by atoms with Crippen molar-refractivity contribution < 1.29 is 22.7 Å². The molecule has 1 heterocycles. The summed E-state index contributed by atoms with van der Waals surface area (Å²) in [6, 6.07) is -0.771. The minimum Gasteiger partial charge on any atom is -0.381 e. The van der Waals surface area contributed by atoms with Gasteiger partial charge in [0, 0.05) is 20.2 Å². The maximum atomic E-state index is 12.0. The van der Waals surface area contributed by atoms with Gasteiger partial charge in [-0.15, -0.1) is 0 Å².